The Morgan fingerprint density at radius 2 is 2.20 bits per heavy atom. The van der Waals surface area contributed by atoms with E-state index in [-0.39, 0.29) is 11.2 Å². The summed E-state index contributed by atoms with van der Waals surface area (Å²) in [5.41, 5.74) is 1.17. The molecule has 1 aromatic carbocycles. The van der Waals surface area contributed by atoms with Gasteiger partial charge in [-0.3, -0.25) is 4.79 Å². The number of hydrogen-bond acceptors (Lipinski definition) is 3. The number of carbonyl (C=O) groups excluding carboxylic acids is 1. The third-order valence-corrected chi connectivity index (χ3v) is 5.13. The van der Waals surface area contributed by atoms with Gasteiger partial charge < -0.3 is 4.90 Å². The van der Waals surface area contributed by atoms with Crippen molar-refractivity contribution in [1.29, 1.82) is 5.26 Å². The minimum absolute atomic E-state index is 0.00723. The van der Waals surface area contributed by atoms with Gasteiger partial charge in [0.2, 0.25) is 5.91 Å². The highest BCUT2D eigenvalue weighted by Gasteiger charge is 2.40. The number of carbonyl (C=O) groups is 1. The summed E-state index contributed by atoms with van der Waals surface area (Å²) >= 11 is 1.56. The van der Waals surface area contributed by atoms with Gasteiger partial charge >= 0.3 is 0 Å². The van der Waals surface area contributed by atoms with E-state index in [9.17, 15) is 9.18 Å². The van der Waals surface area contributed by atoms with Crippen LogP contribution in [0.3, 0.4) is 0 Å². The Morgan fingerprint density at radius 1 is 1.40 bits per heavy atom. The van der Waals surface area contributed by atoms with Gasteiger partial charge in [-0.25, -0.2) is 4.39 Å². The Labute approximate surface area is 121 Å². The number of thioether (sulfide) groups is 1. The predicted octanol–water partition coefficient (Wildman–Crippen LogP) is 2.69. The summed E-state index contributed by atoms with van der Waals surface area (Å²) in [6, 6.07) is 6.75. The first-order chi connectivity index (χ1) is 9.69. The molecule has 0 N–H and O–H groups in total. The van der Waals surface area contributed by atoms with Crippen molar-refractivity contribution in [2.45, 2.75) is 36.3 Å². The van der Waals surface area contributed by atoms with Crippen molar-refractivity contribution >= 4 is 17.7 Å². The standard InChI is InChI=1S/C15H15FN2OS/c16-12-2-1-10(11(7-12)8-17)9-20-14-5-6-18(15(14)19)13-3-4-13/h1-2,7,13-14H,3-6,9H2/t14-/m1/s1. The number of nitrogens with zero attached hydrogens (tertiary/aromatic N) is 2. The van der Waals surface area contributed by atoms with E-state index in [4.69, 9.17) is 5.26 Å². The van der Waals surface area contributed by atoms with Crippen molar-refractivity contribution in [2.24, 2.45) is 0 Å². The van der Waals surface area contributed by atoms with E-state index < -0.39 is 5.82 Å². The van der Waals surface area contributed by atoms with Crippen LogP contribution < -0.4 is 0 Å². The quantitative estimate of drug-likeness (QED) is 0.856. The van der Waals surface area contributed by atoms with Crippen LogP contribution in [0.5, 0.6) is 0 Å². The van der Waals surface area contributed by atoms with E-state index in [1.54, 1.807) is 17.8 Å². The van der Waals surface area contributed by atoms with E-state index in [0.717, 1.165) is 31.4 Å². The number of hydrogen-bond donors (Lipinski definition) is 0. The van der Waals surface area contributed by atoms with Gasteiger partial charge in [-0.05, 0) is 37.0 Å². The summed E-state index contributed by atoms with van der Waals surface area (Å²) < 4.78 is 13.1. The van der Waals surface area contributed by atoms with Crippen LogP contribution in [-0.4, -0.2) is 28.6 Å². The molecule has 3 rings (SSSR count). The lowest BCUT2D eigenvalue weighted by atomic mass is 10.1. The molecular weight excluding hydrogens is 275 g/mol. The van der Waals surface area contributed by atoms with Crippen LogP contribution in [0, 0.1) is 17.1 Å². The molecule has 3 nitrogen and oxygen atoms in total. The largest absolute Gasteiger partial charge is 0.339 e. The fourth-order valence-electron chi connectivity index (χ4n) is 2.55. The van der Waals surface area contributed by atoms with Crippen LogP contribution in [0.1, 0.15) is 30.4 Å². The molecule has 5 heteroatoms. The zero-order chi connectivity index (χ0) is 14.1. The second kappa shape index (κ2) is 5.45. The summed E-state index contributed by atoms with van der Waals surface area (Å²) in [6.07, 6.45) is 3.16. The van der Waals surface area contributed by atoms with Gasteiger partial charge in [-0.2, -0.15) is 5.26 Å². The van der Waals surface area contributed by atoms with Crippen LogP contribution in [0.2, 0.25) is 0 Å². The summed E-state index contributed by atoms with van der Waals surface area (Å²) in [5.74, 6) is 0.420. The van der Waals surface area contributed by atoms with Gasteiger partial charge in [0.15, 0.2) is 0 Å². The highest BCUT2D eigenvalue weighted by atomic mass is 32.2. The number of nitriles is 1. The lowest BCUT2D eigenvalue weighted by molar-refractivity contribution is -0.127. The molecule has 0 spiro atoms. The van der Waals surface area contributed by atoms with Crippen LogP contribution in [-0.2, 0) is 10.5 Å². The molecule has 2 aliphatic rings. The average Bonchev–Trinajstić information content (AvgIpc) is 3.22. The minimum atomic E-state index is -0.396. The number of amides is 1. The van der Waals surface area contributed by atoms with Crippen molar-refractivity contribution in [3.63, 3.8) is 0 Å². The van der Waals surface area contributed by atoms with Crippen molar-refractivity contribution in [3.8, 4) is 6.07 Å². The molecule has 1 amide bonds. The van der Waals surface area contributed by atoms with Crippen LogP contribution in [0.25, 0.3) is 0 Å². The monoisotopic (exact) mass is 290 g/mol. The Morgan fingerprint density at radius 3 is 2.90 bits per heavy atom. The van der Waals surface area contributed by atoms with Gasteiger partial charge in [-0.1, -0.05) is 6.07 Å². The smallest absolute Gasteiger partial charge is 0.236 e. The predicted molar refractivity (Wildman–Crippen MR) is 75.6 cm³/mol. The van der Waals surface area contributed by atoms with E-state index in [0.29, 0.717) is 17.4 Å². The van der Waals surface area contributed by atoms with E-state index in [1.807, 2.05) is 11.0 Å². The molecule has 1 aliphatic heterocycles. The topological polar surface area (TPSA) is 44.1 Å². The van der Waals surface area contributed by atoms with E-state index in [1.165, 1.54) is 12.1 Å². The second-order valence-corrected chi connectivity index (χ2v) is 6.46. The fourth-order valence-corrected chi connectivity index (χ4v) is 3.73. The maximum atomic E-state index is 13.1. The molecule has 20 heavy (non-hydrogen) atoms. The molecule has 0 bridgehead atoms. The first-order valence-electron chi connectivity index (χ1n) is 6.79. The molecule has 1 saturated heterocycles. The Kier molecular flexibility index (Phi) is 3.66. The summed E-state index contributed by atoms with van der Waals surface area (Å²) in [6.45, 7) is 0.857. The lowest BCUT2D eigenvalue weighted by Gasteiger charge is -2.15. The Hall–Kier alpha value is -1.54. The third-order valence-electron chi connectivity index (χ3n) is 3.81. The number of rotatable bonds is 4. The Balaban J connectivity index is 1.63. The van der Waals surface area contributed by atoms with Gasteiger partial charge in [-0.15, -0.1) is 11.8 Å². The van der Waals surface area contributed by atoms with Gasteiger partial charge in [0.25, 0.3) is 0 Å². The highest BCUT2D eigenvalue weighted by molar-refractivity contribution is 7.99. The maximum Gasteiger partial charge on any atom is 0.236 e. The Bertz CT molecular complexity index is 580. The van der Waals surface area contributed by atoms with Crippen LogP contribution in [0.15, 0.2) is 18.2 Å². The van der Waals surface area contributed by atoms with Crippen molar-refractivity contribution in [3.05, 3.63) is 35.1 Å². The number of likely N-dealkylation sites (tertiary alicyclic amines) is 1. The lowest BCUT2D eigenvalue weighted by Crippen LogP contribution is -2.30. The molecule has 1 aliphatic carbocycles. The SMILES string of the molecule is N#Cc1cc(F)ccc1CS[C@@H]1CCN(C2CC2)C1=O. The molecule has 1 heterocycles. The van der Waals surface area contributed by atoms with Crippen molar-refractivity contribution in [2.75, 3.05) is 6.54 Å². The fraction of sp³-hybridized carbons (Fsp3) is 0.467. The molecule has 1 saturated carbocycles. The highest BCUT2D eigenvalue weighted by Crippen LogP contribution is 2.35. The normalized spacial score (nSPS) is 22.1. The molecule has 1 aromatic rings. The summed E-state index contributed by atoms with van der Waals surface area (Å²) in [5, 5.41) is 9.00. The maximum absolute atomic E-state index is 13.1. The zero-order valence-corrected chi connectivity index (χ0v) is 11.8. The number of halogens is 1. The zero-order valence-electron chi connectivity index (χ0n) is 11.0. The van der Waals surface area contributed by atoms with Gasteiger partial charge in [0, 0.05) is 18.3 Å². The van der Waals surface area contributed by atoms with E-state index in [2.05, 4.69) is 0 Å². The molecular formula is C15H15FN2OS. The van der Waals surface area contributed by atoms with Crippen molar-refractivity contribution < 1.29 is 9.18 Å². The molecule has 2 fully saturated rings. The van der Waals surface area contributed by atoms with E-state index >= 15 is 0 Å². The molecule has 1 atom stereocenters. The first kappa shape index (κ1) is 13.4. The van der Waals surface area contributed by atoms with Gasteiger partial charge in [0.05, 0.1) is 16.9 Å². The average molecular weight is 290 g/mol. The van der Waals surface area contributed by atoms with Gasteiger partial charge in [0.1, 0.15) is 5.82 Å². The second-order valence-electron chi connectivity index (χ2n) is 5.26. The minimum Gasteiger partial charge on any atom is -0.339 e. The van der Waals surface area contributed by atoms with Crippen LogP contribution in [0.4, 0.5) is 4.39 Å². The molecule has 0 unspecified atom stereocenters. The third kappa shape index (κ3) is 2.66. The van der Waals surface area contributed by atoms with Crippen LogP contribution >= 0.6 is 11.8 Å². The molecule has 104 valence electrons. The molecule has 0 aromatic heterocycles. The summed E-state index contributed by atoms with van der Waals surface area (Å²) in [4.78, 5) is 14.2. The van der Waals surface area contributed by atoms with Crippen molar-refractivity contribution in [1.82, 2.24) is 4.90 Å². The summed E-state index contributed by atoms with van der Waals surface area (Å²) in [7, 11) is 0. The molecule has 0 radical (unpaired) electrons. The first-order valence-corrected chi connectivity index (χ1v) is 7.84. The number of benzene rings is 1.